The maximum atomic E-state index is 8.72. The molecule has 0 spiro atoms. The van der Waals surface area contributed by atoms with Gasteiger partial charge in [0.2, 0.25) is 0 Å². The molecule has 0 atom stereocenters. The lowest BCUT2D eigenvalue weighted by Crippen LogP contribution is -2.41. The van der Waals surface area contributed by atoms with Gasteiger partial charge >= 0.3 is 7.12 Å². The SMILES string of the molecule is [2H]c1c([2H])c([2H])c(-c2nc(-c3ccc4c(c3)oc3ccc(B5OC(C)(C)C(C)(C)O5)cc34)nc(-c3cccc4c3sc3ccccc34)n2)c([2H])c1[2H]. The molecule has 8 aromatic rings. The molecule has 0 saturated carbocycles. The first-order valence-electron chi connectivity index (χ1n) is 17.9. The van der Waals surface area contributed by atoms with Crippen molar-refractivity contribution in [3.05, 3.63) is 109 Å². The fourth-order valence-corrected chi connectivity index (χ4v) is 7.29. The highest BCUT2D eigenvalue weighted by atomic mass is 32.1. The Labute approximate surface area is 283 Å². The highest BCUT2D eigenvalue weighted by Gasteiger charge is 2.51. The van der Waals surface area contributed by atoms with Crippen LogP contribution in [-0.2, 0) is 9.31 Å². The first-order valence-corrected chi connectivity index (χ1v) is 16.2. The Morgan fingerprint density at radius 3 is 2.17 bits per heavy atom. The third-order valence-electron chi connectivity index (χ3n) is 9.28. The molecule has 0 amide bonds. The summed E-state index contributed by atoms with van der Waals surface area (Å²) in [6.07, 6.45) is 0. The lowest BCUT2D eigenvalue weighted by Gasteiger charge is -2.32. The van der Waals surface area contributed by atoms with Crippen molar-refractivity contribution in [1.82, 2.24) is 15.0 Å². The average molecular weight is 637 g/mol. The van der Waals surface area contributed by atoms with E-state index in [0.29, 0.717) is 22.6 Å². The normalized spacial score (nSPS) is 17.3. The molecule has 0 radical (unpaired) electrons. The van der Waals surface area contributed by atoms with Crippen LogP contribution in [0, 0.1) is 0 Å². The van der Waals surface area contributed by atoms with E-state index in [1.54, 1.807) is 11.3 Å². The van der Waals surface area contributed by atoms with Crippen LogP contribution in [0.1, 0.15) is 34.5 Å². The van der Waals surface area contributed by atoms with Gasteiger partial charge in [-0.1, -0.05) is 78.7 Å². The van der Waals surface area contributed by atoms with Crippen LogP contribution < -0.4 is 5.46 Å². The Bertz CT molecular complexity index is 2760. The second kappa shape index (κ2) is 10.3. The van der Waals surface area contributed by atoms with Gasteiger partial charge in [-0.2, -0.15) is 0 Å². The number of nitrogens with zero attached hydrogens (tertiary/aromatic N) is 3. The van der Waals surface area contributed by atoms with Crippen LogP contribution in [0.3, 0.4) is 0 Å². The molecule has 1 fully saturated rings. The largest absolute Gasteiger partial charge is 0.494 e. The fraction of sp³-hybridized carbons (Fsp3) is 0.154. The number of benzene rings is 5. The van der Waals surface area contributed by atoms with Gasteiger partial charge in [-0.25, -0.2) is 15.0 Å². The maximum Gasteiger partial charge on any atom is 0.494 e. The number of aromatic nitrogens is 3. The van der Waals surface area contributed by atoms with E-state index < -0.39 is 36.4 Å². The van der Waals surface area contributed by atoms with E-state index >= 15 is 0 Å². The molecule has 4 heterocycles. The molecule has 0 aliphatic carbocycles. The molecule has 1 aliphatic rings. The molecule has 1 saturated heterocycles. The van der Waals surface area contributed by atoms with Gasteiger partial charge in [0.25, 0.3) is 0 Å². The van der Waals surface area contributed by atoms with E-state index in [1.807, 2.05) is 88.4 Å². The summed E-state index contributed by atoms with van der Waals surface area (Å²) in [4.78, 5) is 14.5. The van der Waals surface area contributed by atoms with Crippen molar-refractivity contribution in [3.8, 4) is 34.2 Å². The van der Waals surface area contributed by atoms with Gasteiger partial charge in [0.1, 0.15) is 11.2 Å². The number of rotatable bonds is 4. The van der Waals surface area contributed by atoms with Crippen molar-refractivity contribution < 1.29 is 20.6 Å². The van der Waals surface area contributed by atoms with Gasteiger partial charge in [-0.15, -0.1) is 11.3 Å². The van der Waals surface area contributed by atoms with Crippen LogP contribution in [0.4, 0.5) is 0 Å². The van der Waals surface area contributed by atoms with Crippen LogP contribution in [0.15, 0.2) is 113 Å². The summed E-state index contributed by atoms with van der Waals surface area (Å²) in [7, 11) is -0.521. The minimum Gasteiger partial charge on any atom is -0.456 e. The second-order valence-electron chi connectivity index (χ2n) is 12.7. The summed E-state index contributed by atoms with van der Waals surface area (Å²) in [5.41, 5.74) is 2.50. The van der Waals surface area contributed by atoms with Crippen molar-refractivity contribution in [2.45, 2.75) is 38.9 Å². The smallest absolute Gasteiger partial charge is 0.456 e. The Kier molecular flexibility index (Phi) is 5.14. The average Bonchev–Trinajstić information content (AvgIpc) is 3.77. The van der Waals surface area contributed by atoms with Crippen molar-refractivity contribution in [2.24, 2.45) is 0 Å². The first-order chi connectivity index (χ1) is 24.8. The Balaban J connectivity index is 1.22. The van der Waals surface area contributed by atoms with Gasteiger partial charge in [-0.05, 0) is 63.5 Å². The highest BCUT2D eigenvalue weighted by molar-refractivity contribution is 7.26. The minimum absolute atomic E-state index is 0.0214. The summed E-state index contributed by atoms with van der Waals surface area (Å²) in [5, 5.41) is 3.95. The van der Waals surface area contributed by atoms with Crippen LogP contribution in [0.25, 0.3) is 76.3 Å². The molecule has 8 heteroatoms. The van der Waals surface area contributed by atoms with Crippen molar-refractivity contribution in [1.29, 1.82) is 0 Å². The molecule has 228 valence electrons. The van der Waals surface area contributed by atoms with E-state index in [4.69, 9.17) is 35.5 Å². The van der Waals surface area contributed by atoms with E-state index in [-0.39, 0.29) is 29.3 Å². The van der Waals surface area contributed by atoms with Crippen molar-refractivity contribution in [2.75, 3.05) is 0 Å². The van der Waals surface area contributed by atoms with Crippen LogP contribution in [0.5, 0.6) is 0 Å². The molecule has 9 rings (SSSR count). The lowest BCUT2D eigenvalue weighted by molar-refractivity contribution is 0.00578. The van der Waals surface area contributed by atoms with E-state index in [9.17, 15) is 0 Å². The van der Waals surface area contributed by atoms with Crippen LogP contribution in [0.2, 0.25) is 0 Å². The molecule has 0 unspecified atom stereocenters. The molecular formula is C39H30BN3O3S. The van der Waals surface area contributed by atoms with E-state index in [0.717, 1.165) is 42.0 Å². The quantitative estimate of drug-likeness (QED) is 0.179. The third-order valence-corrected chi connectivity index (χ3v) is 10.5. The number of hydrogen-bond donors (Lipinski definition) is 0. The molecule has 0 N–H and O–H groups in total. The first kappa shape index (κ1) is 23.4. The summed E-state index contributed by atoms with van der Waals surface area (Å²) in [5.74, 6) is 0.567. The molecule has 0 bridgehead atoms. The monoisotopic (exact) mass is 636 g/mol. The van der Waals surface area contributed by atoms with Gasteiger partial charge in [0.15, 0.2) is 17.5 Å². The second-order valence-corrected chi connectivity index (χ2v) is 13.8. The Morgan fingerprint density at radius 2 is 1.36 bits per heavy atom. The Hall–Kier alpha value is -4.89. The van der Waals surface area contributed by atoms with E-state index in [2.05, 4.69) is 18.2 Å². The van der Waals surface area contributed by atoms with Crippen molar-refractivity contribution >= 4 is 66.0 Å². The van der Waals surface area contributed by atoms with Crippen molar-refractivity contribution in [3.63, 3.8) is 0 Å². The zero-order chi connectivity index (χ0) is 36.3. The minimum atomic E-state index is -0.521. The van der Waals surface area contributed by atoms with Gasteiger partial charge in [-0.3, -0.25) is 0 Å². The summed E-state index contributed by atoms with van der Waals surface area (Å²) in [6.45, 7) is 8.11. The molecule has 47 heavy (non-hydrogen) atoms. The topological polar surface area (TPSA) is 70.3 Å². The summed E-state index contributed by atoms with van der Waals surface area (Å²) in [6, 6.07) is 23.5. The van der Waals surface area contributed by atoms with Gasteiger partial charge in [0, 0.05) is 47.6 Å². The molecule has 1 aliphatic heterocycles. The van der Waals surface area contributed by atoms with Gasteiger partial charge < -0.3 is 13.7 Å². The lowest BCUT2D eigenvalue weighted by atomic mass is 9.78. The molecule has 5 aromatic carbocycles. The standard InChI is InChI=1S/C39H30BN3O3S/c1-38(2)39(3,4)46-40(45-38)25-18-20-31-30(22-25)26-19-17-24(21-32(26)44-31)36-41-35(23-11-6-5-7-12-23)42-37(43-36)29-15-10-14-28-27-13-8-9-16-33(27)47-34(28)29/h5-22H,1-4H3/i5D,6D,7D,11D,12D. The van der Waals surface area contributed by atoms with Crippen LogP contribution in [-0.4, -0.2) is 33.3 Å². The number of thiophene rings is 1. The third kappa shape index (κ3) is 4.59. The highest BCUT2D eigenvalue weighted by Crippen LogP contribution is 2.40. The predicted octanol–water partition coefficient (Wildman–Crippen LogP) is 9.44. The van der Waals surface area contributed by atoms with Gasteiger partial charge in [0.05, 0.1) is 18.1 Å². The molecular weight excluding hydrogens is 601 g/mol. The zero-order valence-corrected chi connectivity index (χ0v) is 26.9. The molecule has 6 nitrogen and oxygen atoms in total. The molecule has 3 aromatic heterocycles. The fourth-order valence-electron chi connectivity index (χ4n) is 6.08. The predicted molar refractivity (Wildman–Crippen MR) is 192 cm³/mol. The summed E-state index contributed by atoms with van der Waals surface area (Å²) < 4.78 is 63.3. The number of hydrogen-bond acceptors (Lipinski definition) is 7. The number of furan rings is 1. The zero-order valence-electron chi connectivity index (χ0n) is 31.1. The maximum absolute atomic E-state index is 8.72. The van der Waals surface area contributed by atoms with Crippen LogP contribution >= 0.6 is 11.3 Å². The van der Waals surface area contributed by atoms with E-state index in [1.165, 1.54) is 0 Å². The Morgan fingerprint density at radius 1 is 0.638 bits per heavy atom. The summed E-state index contributed by atoms with van der Waals surface area (Å²) >= 11 is 1.62. The number of fused-ring (bicyclic) bond motifs is 6.